The van der Waals surface area contributed by atoms with Crippen LogP contribution in [0.1, 0.15) is 21.8 Å². The summed E-state index contributed by atoms with van der Waals surface area (Å²) in [6.07, 6.45) is 1.50. The summed E-state index contributed by atoms with van der Waals surface area (Å²) in [6.45, 7) is 1.44. The second-order valence-corrected chi connectivity index (χ2v) is 8.99. The Labute approximate surface area is 224 Å². The molecule has 3 aromatic rings. The summed E-state index contributed by atoms with van der Waals surface area (Å²) in [4.78, 5) is 55.7. The molecule has 1 aromatic carbocycles. The minimum atomic E-state index is -0.779. The SMILES string of the molecule is COc1cc(-c2ncc(OC)c3c2NCC3C(=O)C(=O)N2CCN(C(=O)c3ccccc3)CC2)nc(OC)n1. The third kappa shape index (κ3) is 4.92. The van der Waals surface area contributed by atoms with Gasteiger partial charge >= 0.3 is 6.01 Å². The quantitative estimate of drug-likeness (QED) is 0.447. The van der Waals surface area contributed by atoms with E-state index >= 15 is 0 Å². The highest BCUT2D eigenvalue weighted by molar-refractivity contribution is 6.38. The van der Waals surface area contributed by atoms with Gasteiger partial charge in [0.15, 0.2) is 0 Å². The summed E-state index contributed by atoms with van der Waals surface area (Å²) in [5.74, 6) is -1.35. The zero-order valence-electron chi connectivity index (χ0n) is 21.8. The number of piperazine rings is 1. The van der Waals surface area contributed by atoms with Crippen LogP contribution in [0.25, 0.3) is 11.4 Å². The Morgan fingerprint density at radius 1 is 0.923 bits per heavy atom. The number of methoxy groups -OCH3 is 3. The maximum atomic E-state index is 13.5. The standard InChI is InChI=1S/C27H28N6O6/c1-37-19-15-29-22(18-13-20(38-2)31-27(30-18)39-3)23-21(19)17(14-28-23)24(34)26(36)33-11-9-32(10-12-33)25(35)16-7-5-4-6-8-16/h4-8,13,15,17,28H,9-12,14H2,1-3H3. The van der Waals surface area contributed by atoms with Gasteiger partial charge in [0.05, 0.1) is 39.1 Å². The van der Waals surface area contributed by atoms with Gasteiger partial charge in [-0.25, -0.2) is 4.98 Å². The van der Waals surface area contributed by atoms with Gasteiger partial charge in [-0.3, -0.25) is 14.4 Å². The van der Waals surface area contributed by atoms with E-state index in [4.69, 9.17) is 14.2 Å². The zero-order valence-corrected chi connectivity index (χ0v) is 21.8. The first-order valence-corrected chi connectivity index (χ1v) is 12.4. The summed E-state index contributed by atoms with van der Waals surface area (Å²) in [5.41, 5.74) is 2.54. The molecule has 0 aliphatic carbocycles. The average Bonchev–Trinajstić information content (AvgIpc) is 3.45. The fourth-order valence-electron chi connectivity index (χ4n) is 4.82. The van der Waals surface area contributed by atoms with Gasteiger partial charge in [0.25, 0.3) is 11.8 Å². The summed E-state index contributed by atoms with van der Waals surface area (Å²) in [5, 5.41) is 3.22. The first kappa shape index (κ1) is 25.9. The molecule has 4 heterocycles. The van der Waals surface area contributed by atoms with Crippen LogP contribution in [-0.2, 0) is 9.59 Å². The van der Waals surface area contributed by atoms with Gasteiger partial charge in [0.2, 0.25) is 11.7 Å². The van der Waals surface area contributed by atoms with E-state index < -0.39 is 17.6 Å². The lowest BCUT2D eigenvalue weighted by Gasteiger charge is -2.34. The van der Waals surface area contributed by atoms with Crippen molar-refractivity contribution in [2.45, 2.75) is 5.92 Å². The molecule has 0 saturated carbocycles. The first-order valence-electron chi connectivity index (χ1n) is 12.4. The van der Waals surface area contributed by atoms with E-state index in [0.717, 1.165) is 0 Å². The van der Waals surface area contributed by atoms with Crippen molar-refractivity contribution >= 4 is 23.3 Å². The number of nitrogens with zero attached hydrogens (tertiary/aromatic N) is 5. The van der Waals surface area contributed by atoms with Crippen LogP contribution >= 0.6 is 0 Å². The minimum absolute atomic E-state index is 0.0920. The van der Waals surface area contributed by atoms with E-state index in [1.807, 2.05) is 18.2 Å². The van der Waals surface area contributed by atoms with E-state index in [1.54, 1.807) is 23.1 Å². The van der Waals surface area contributed by atoms with Crippen LogP contribution < -0.4 is 19.5 Å². The van der Waals surface area contributed by atoms with Crippen LogP contribution in [0.3, 0.4) is 0 Å². The summed E-state index contributed by atoms with van der Waals surface area (Å²) < 4.78 is 16.0. The lowest BCUT2D eigenvalue weighted by atomic mass is 9.94. The molecular weight excluding hydrogens is 504 g/mol. The highest BCUT2D eigenvalue weighted by Crippen LogP contribution is 2.44. The molecule has 5 rings (SSSR count). The van der Waals surface area contributed by atoms with Crippen LogP contribution in [-0.4, -0.2) is 96.4 Å². The molecule has 1 fully saturated rings. The number of nitrogens with one attached hydrogen (secondary N) is 1. The second-order valence-electron chi connectivity index (χ2n) is 8.99. The zero-order chi connectivity index (χ0) is 27.5. The number of pyridine rings is 1. The number of benzene rings is 1. The van der Waals surface area contributed by atoms with Crippen LogP contribution in [0, 0.1) is 0 Å². The third-order valence-corrected chi connectivity index (χ3v) is 6.85. The van der Waals surface area contributed by atoms with Crippen molar-refractivity contribution in [3.8, 4) is 29.0 Å². The van der Waals surface area contributed by atoms with Gasteiger partial charge in [-0.2, -0.15) is 9.97 Å². The van der Waals surface area contributed by atoms with Crippen molar-refractivity contribution in [2.24, 2.45) is 0 Å². The summed E-state index contributed by atoms with van der Waals surface area (Å²) in [7, 11) is 4.41. The largest absolute Gasteiger partial charge is 0.495 e. The van der Waals surface area contributed by atoms with Gasteiger partial charge in [-0.1, -0.05) is 18.2 Å². The number of amides is 2. The van der Waals surface area contributed by atoms with Crippen molar-refractivity contribution in [2.75, 3.05) is 59.4 Å². The fraction of sp³-hybridized carbons (Fsp3) is 0.333. The lowest BCUT2D eigenvalue weighted by molar-refractivity contribution is -0.146. The fourth-order valence-corrected chi connectivity index (χ4v) is 4.82. The molecule has 2 aliphatic rings. The predicted octanol–water partition coefficient (Wildman–Crippen LogP) is 1.63. The lowest BCUT2D eigenvalue weighted by Crippen LogP contribution is -2.52. The van der Waals surface area contributed by atoms with E-state index in [2.05, 4.69) is 20.3 Å². The number of fused-ring (bicyclic) bond motifs is 1. The summed E-state index contributed by atoms with van der Waals surface area (Å²) in [6, 6.07) is 10.7. The topological polar surface area (TPSA) is 136 Å². The molecule has 39 heavy (non-hydrogen) atoms. The Bertz CT molecular complexity index is 1390. The van der Waals surface area contributed by atoms with E-state index in [1.165, 1.54) is 32.4 Å². The van der Waals surface area contributed by atoms with Crippen LogP contribution in [0.4, 0.5) is 5.69 Å². The molecular formula is C27H28N6O6. The predicted molar refractivity (Wildman–Crippen MR) is 140 cm³/mol. The summed E-state index contributed by atoms with van der Waals surface area (Å²) >= 11 is 0. The molecule has 12 heteroatoms. The van der Waals surface area contributed by atoms with Crippen molar-refractivity contribution < 1.29 is 28.6 Å². The number of rotatable bonds is 7. The number of ketones is 1. The molecule has 0 radical (unpaired) electrons. The molecule has 1 N–H and O–H groups in total. The Balaban J connectivity index is 1.36. The molecule has 0 spiro atoms. The Morgan fingerprint density at radius 2 is 1.64 bits per heavy atom. The maximum Gasteiger partial charge on any atom is 0.320 e. The number of ether oxygens (including phenoxy) is 3. The minimum Gasteiger partial charge on any atom is -0.495 e. The van der Waals surface area contributed by atoms with Gasteiger partial charge in [-0.05, 0) is 12.1 Å². The number of aromatic nitrogens is 3. The Hall–Kier alpha value is -4.74. The molecule has 202 valence electrons. The molecule has 2 aliphatic heterocycles. The van der Waals surface area contributed by atoms with E-state index in [0.29, 0.717) is 47.0 Å². The Kier molecular flexibility index (Phi) is 7.26. The smallest absolute Gasteiger partial charge is 0.320 e. The number of carbonyl (C=O) groups excluding carboxylic acids is 3. The van der Waals surface area contributed by atoms with E-state index in [-0.39, 0.29) is 37.4 Å². The van der Waals surface area contributed by atoms with Crippen LogP contribution in [0.5, 0.6) is 17.6 Å². The maximum absolute atomic E-state index is 13.5. The van der Waals surface area contributed by atoms with Gasteiger partial charge in [0, 0.05) is 49.9 Å². The number of hydrogen-bond donors (Lipinski definition) is 1. The second kappa shape index (κ2) is 10.9. The molecule has 2 aromatic heterocycles. The van der Waals surface area contributed by atoms with Crippen LogP contribution in [0.2, 0.25) is 0 Å². The number of Topliss-reactive ketones (excluding diaryl/α,β-unsaturated/α-hetero) is 1. The molecule has 12 nitrogen and oxygen atoms in total. The number of anilines is 1. The molecule has 2 amide bonds. The highest BCUT2D eigenvalue weighted by atomic mass is 16.5. The molecule has 1 saturated heterocycles. The average molecular weight is 533 g/mol. The van der Waals surface area contributed by atoms with Crippen LogP contribution in [0.15, 0.2) is 42.6 Å². The molecule has 1 atom stereocenters. The number of hydrogen-bond acceptors (Lipinski definition) is 10. The normalized spacial score (nSPS) is 16.2. The van der Waals surface area contributed by atoms with Gasteiger partial charge < -0.3 is 29.3 Å². The van der Waals surface area contributed by atoms with Gasteiger partial charge in [-0.15, -0.1) is 0 Å². The number of carbonyl (C=O) groups is 3. The highest BCUT2D eigenvalue weighted by Gasteiger charge is 2.40. The van der Waals surface area contributed by atoms with Gasteiger partial charge in [0.1, 0.15) is 17.1 Å². The molecule has 1 unspecified atom stereocenters. The van der Waals surface area contributed by atoms with E-state index in [9.17, 15) is 14.4 Å². The van der Waals surface area contributed by atoms with Crippen molar-refractivity contribution in [1.29, 1.82) is 0 Å². The van der Waals surface area contributed by atoms with Crippen molar-refractivity contribution in [1.82, 2.24) is 24.8 Å². The third-order valence-electron chi connectivity index (χ3n) is 6.85. The van der Waals surface area contributed by atoms with Crippen molar-refractivity contribution in [3.63, 3.8) is 0 Å². The Morgan fingerprint density at radius 3 is 2.31 bits per heavy atom. The monoisotopic (exact) mass is 532 g/mol. The first-order chi connectivity index (χ1) is 18.9. The molecule has 0 bridgehead atoms. The van der Waals surface area contributed by atoms with Crippen molar-refractivity contribution in [3.05, 3.63) is 53.7 Å².